The fourth-order valence-electron chi connectivity index (χ4n) is 2.91. The zero-order valence-corrected chi connectivity index (χ0v) is 13.7. The first kappa shape index (κ1) is 17.8. The molecule has 2 unspecified atom stereocenters. The zero-order chi connectivity index (χ0) is 16.0. The van der Waals surface area contributed by atoms with Crippen LogP contribution in [0.15, 0.2) is 0 Å². The molecule has 0 aromatic heterocycles. The van der Waals surface area contributed by atoms with Crippen LogP contribution in [-0.2, 0) is 4.79 Å². The summed E-state index contributed by atoms with van der Waals surface area (Å²) >= 11 is 0. The van der Waals surface area contributed by atoms with Crippen LogP contribution < -0.4 is 0 Å². The summed E-state index contributed by atoms with van der Waals surface area (Å²) in [5.74, 6) is -0.955. The van der Waals surface area contributed by atoms with Crippen molar-refractivity contribution in [3.05, 3.63) is 0 Å². The number of likely N-dealkylation sites (N-methyl/N-ethyl adjacent to an activating group) is 1. The van der Waals surface area contributed by atoms with E-state index < -0.39 is 5.97 Å². The molecule has 0 bridgehead atoms. The molecule has 122 valence electrons. The predicted octanol–water partition coefficient (Wildman–Crippen LogP) is 1.71. The lowest BCUT2D eigenvalue weighted by atomic mass is 10.2. The summed E-state index contributed by atoms with van der Waals surface area (Å²) < 4.78 is 0. The molecule has 0 aromatic carbocycles. The molecule has 21 heavy (non-hydrogen) atoms. The Bertz CT molecular complexity index is 358. The van der Waals surface area contributed by atoms with E-state index in [1.54, 1.807) is 4.90 Å². The molecule has 6 nitrogen and oxygen atoms in total. The summed E-state index contributed by atoms with van der Waals surface area (Å²) in [4.78, 5) is 29.2. The lowest BCUT2D eigenvalue weighted by Crippen LogP contribution is -2.49. The number of urea groups is 1. The molecule has 0 saturated carbocycles. The van der Waals surface area contributed by atoms with E-state index in [0.29, 0.717) is 19.1 Å². The largest absolute Gasteiger partial charge is 0.480 e. The SMILES string of the molecule is CCC(C)N(CC(=O)O)C(=O)N1CCC(N(CC)CC)C1. The van der Waals surface area contributed by atoms with Crippen LogP contribution >= 0.6 is 0 Å². The molecule has 0 spiro atoms. The van der Waals surface area contributed by atoms with Gasteiger partial charge in [-0.3, -0.25) is 9.69 Å². The number of hydrogen-bond acceptors (Lipinski definition) is 3. The third kappa shape index (κ3) is 4.59. The van der Waals surface area contributed by atoms with Crippen molar-refractivity contribution < 1.29 is 14.7 Å². The fraction of sp³-hybridized carbons (Fsp3) is 0.867. The van der Waals surface area contributed by atoms with Gasteiger partial charge in [0.2, 0.25) is 0 Å². The summed E-state index contributed by atoms with van der Waals surface area (Å²) in [6.07, 6.45) is 1.72. The molecule has 2 atom stereocenters. The van der Waals surface area contributed by atoms with Crippen molar-refractivity contribution in [1.29, 1.82) is 0 Å². The fourth-order valence-corrected chi connectivity index (χ4v) is 2.91. The Labute approximate surface area is 127 Å². The number of carbonyl (C=O) groups is 2. The lowest BCUT2D eigenvalue weighted by molar-refractivity contribution is -0.138. The second-order valence-corrected chi connectivity index (χ2v) is 5.67. The Morgan fingerprint density at radius 1 is 1.29 bits per heavy atom. The minimum absolute atomic E-state index is 0.0545. The Morgan fingerprint density at radius 2 is 1.90 bits per heavy atom. The lowest BCUT2D eigenvalue weighted by Gasteiger charge is -2.32. The zero-order valence-electron chi connectivity index (χ0n) is 13.7. The van der Waals surface area contributed by atoms with Crippen LogP contribution in [0.5, 0.6) is 0 Å². The molecular weight excluding hydrogens is 270 g/mol. The van der Waals surface area contributed by atoms with Gasteiger partial charge in [0.1, 0.15) is 6.54 Å². The molecule has 1 rings (SSSR count). The molecule has 0 aromatic rings. The van der Waals surface area contributed by atoms with Gasteiger partial charge < -0.3 is 14.9 Å². The van der Waals surface area contributed by atoms with Crippen LogP contribution in [0.2, 0.25) is 0 Å². The first-order valence-corrected chi connectivity index (χ1v) is 7.95. The van der Waals surface area contributed by atoms with Gasteiger partial charge in [-0.25, -0.2) is 4.79 Å². The highest BCUT2D eigenvalue weighted by Crippen LogP contribution is 2.18. The van der Waals surface area contributed by atoms with Crippen molar-refractivity contribution in [2.75, 3.05) is 32.7 Å². The standard InChI is InChI=1S/C15H29N3O3/c1-5-12(4)18(11-14(19)20)15(21)17-9-8-13(10-17)16(6-2)7-3/h12-13H,5-11H2,1-4H3,(H,19,20). The van der Waals surface area contributed by atoms with Gasteiger partial charge >= 0.3 is 12.0 Å². The predicted molar refractivity (Wildman–Crippen MR) is 82.4 cm³/mol. The van der Waals surface area contributed by atoms with Crippen molar-refractivity contribution in [3.8, 4) is 0 Å². The van der Waals surface area contributed by atoms with Crippen molar-refractivity contribution in [2.24, 2.45) is 0 Å². The quantitative estimate of drug-likeness (QED) is 0.777. The van der Waals surface area contributed by atoms with Gasteiger partial charge in [0, 0.05) is 25.2 Å². The number of aliphatic carboxylic acids is 1. The number of hydrogen-bond donors (Lipinski definition) is 1. The van der Waals surface area contributed by atoms with Crippen LogP contribution in [0.25, 0.3) is 0 Å². The topological polar surface area (TPSA) is 64.1 Å². The number of rotatable bonds is 7. The Balaban J connectivity index is 2.70. The maximum absolute atomic E-state index is 12.6. The third-order valence-corrected chi connectivity index (χ3v) is 4.44. The molecule has 0 aliphatic carbocycles. The minimum atomic E-state index is -0.955. The van der Waals surface area contributed by atoms with E-state index in [1.807, 2.05) is 13.8 Å². The number of likely N-dealkylation sites (tertiary alicyclic amines) is 1. The third-order valence-electron chi connectivity index (χ3n) is 4.44. The second kappa shape index (κ2) is 8.22. The van der Waals surface area contributed by atoms with E-state index in [9.17, 15) is 9.59 Å². The van der Waals surface area contributed by atoms with Gasteiger partial charge in [-0.1, -0.05) is 20.8 Å². The molecule has 1 fully saturated rings. The monoisotopic (exact) mass is 299 g/mol. The smallest absolute Gasteiger partial charge is 0.323 e. The second-order valence-electron chi connectivity index (χ2n) is 5.67. The molecule has 2 amide bonds. The van der Waals surface area contributed by atoms with E-state index in [-0.39, 0.29) is 18.6 Å². The number of carboxylic acid groups (broad SMARTS) is 1. The van der Waals surface area contributed by atoms with Crippen LogP contribution in [0, 0.1) is 0 Å². The van der Waals surface area contributed by atoms with Crippen molar-refractivity contribution >= 4 is 12.0 Å². The van der Waals surface area contributed by atoms with Crippen LogP contribution in [0.4, 0.5) is 4.79 Å². The molecule has 6 heteroatoms. The molecule has 1 aliphatic heterocycles. The average molecular weight is 299 g/mol. The van der Waals surface area contributed by atoms with E-state index in [0.717, 1.165) is 25.9 Å². The van der Waals surface area contributed by atoms with Crippen LogP contribution in [0.3, 0.4) is 0 Å². The highest BCUT2D eigenvalue weighted by molar-refractivity contribution is 5.80. The van der Waals surface area contributed by atoms with Crippen molar-refractivity contribution in [1.82, 2.24) is 14.7 Å². The maximum Gasteiger partial charge on any atom is 0.323 e. The Morgan fingerprint density at radius 3 is 2.38 bits per heavy atom. The first-order chi connectivity index (χ1) is 9.94. The first-order valence-electron chi connectivity index (χ1n) is 7.95. The van der Waals surface area contributed by atoms with Crippen molar-refractivity contribution in [3.63, 3.8) is 0 Å². The summed E-state index contributed by atoms with van der Waals surface area (Å²) in [5, 5.41) is 9.02. The van der Waals surface area contributed by atoms with Gasteiger partial charge in [-0.2, -0.15) is 0 Å². The molecule has 1 heterocycles. The summed E-state index contributed by atoms with van der Waals surface area (Å²) in [7, 11) is 0. The average Bonchev–Trinajstić information content (AvgIpc) is 2.94. The van der Waals surface area contributed by atoms with Gasteiger partial charge in [0.05, 0.1) is 0 Å². The van der Waals surface area contributed by atoms with E-state index in [4.69, 9.17) is 5.11 Å². The highest BCUT2D eigenvalue weighted by atomic mass is 16.4. The summed E-state index contributed by atoms with van der Waals surface area (Å²) in [5.41, 5.74) is 0. The van der Waals surface area contributed by atoms with Gasteiger partial charge in [-0.15, -0.1) is 0 Å². The van der Waals surface area contributed by atoms with Gasteiger partial charge in [-0.05, 0) is 32.9 Å². The molecular formula is C15H29N3O3. The van der Waals surface area contributed by atoms with Gasteiger partial charge in [0.15, 0.2) is 0 Å². The summed E-state index contributed by atoms with van der Waals surface area (Å²) in [6.45, 7) is 11.3. The van der Waals surface area contributed by atoms with Crippen molar-refractivity contribution in [2.45, 2.75) is 52.6 Å². The number of nitrogens with zero attached hydrogens (tertiary/aromatic N) is 3. The van der Waals surface area contributed by atoms with E-state index in [1.165, 1.54) is 4.90 Å². The van der Waals surface area contributed by atoms with E-state index in [2.05, 4.69) is 18.7 Å². The Kier molecular flexibility index (Phi) is 6.95. The molecule has 1 aliphatic rings. The number of carbonyl (C=O) groups excluding carboxylic acids is 1. The molecule has 1 N–H and O–H groups in total. The van der Waals surface area contributed by atoms with Gasteiger partial charge in [0.25, 0.3) is 0 Å². The van der Waals surface area contributed by atoms with Crippen LogP contribution in [0.1, 0.15) is 40.5 Å². The molecule has 0 radical (unpaired) electrons. The van der Waals surface area contributed by atoms with Crippen LogP contribution in [-0.4, -0.2) is 76.6 Å². The number of carboxylic acids is 1. The number of amides is 2. The highest BCUT2D eigenvalue weighted by Gasteiger charge is 2.33. The summed E-state index contributed by atoms with van der Waals surface area (Å²) in [6, 6.07) is 0.204. The Hall–Kier alpha value is -1.30. The van der Waals surface area contributed by atoms with E-state index >= 15 is 0 Å². The maximum atomic E-state index is 12.6. The minimum Gasteiger partial charge on any atom is -0.480 e. The normalized spacial score (nSPS) is 19.9. The molecule has 1 saturated heterocycles.